The Morgan fingerprint density at radius 1 is 1.18 bits per heavy atom. The smallest absolute Gasteiger partial charge is 0.161 e. The van der Waals surface area contributed by atoms with Crippen molar-refractivity contribution in [3.05, 3.63) is 23.5 Å². The molecule has 0 radical (unpaired) electrons. The highest BCUT2D eigenvalue weighted by molar-refractivity contribution is 5.37. The topological polar surface area (TPSA) is 82.5 Å². The number of aromatic nitrogens is 5. The standard InChI is InChI=1S/C11H16N6/c1-4-9-15-10(5-2)17(16-9)11-6-8(12)13-7(3)14-11/h6H,4-5H2,1-3H3,(H2,12,13,14). The normalized spacial score (nSPS) is 10.8. The maximum Gasteiger partial charge on any atom is 0.161 e. The van der Waals surface area contributed by atoms with Crippen molar-refractivity contribution in [1.29, 1.82) is 0 Å². The van der Waals surface area contributed by atoms with E-state index in [0.717, 1.165) is 24.5 Å². The van der Waals surface area contributed by atoms with Crippen molar-refractivity contribution < 1.29 is 0 Å². The minimum Gasteiger partial charge on any atom is -0.384 e. The van der Waals surface area contributed by atoms with Gasteiger partial charge in [-0.05, 0) is 6.92 Å². The molecule has 0 saturated heterocycles. The van der Waals surface area contributed by atoms with Crippen molar-refractivity contribution >= 4 is 5.82 Å². The summed E-state index contributed by atoms with van der Waals surface area (Å²) in [7, 11) is 0. The summed E-state index contributed by atoms with van der Waals surface area (Å²) in [6.45, 7) is 5.87. The molecule has 0 aliphatic rings. The molecule has 0 bridgehead atoms. The monoisotopic (exact) mass is 232 g/mol. The largest absolute Gasteiger partial charge is 0.384 e. The first-order chi connectivity index (χ1) is 8.13. The van der Waals surface area contributed by atoms with Crippen molar-refractivity contribution in [3.8, 4) is 5.82 Å². The lowest BCUT2D eigenvalue weighted by Crippen LogP contribution is -2.07. The van der Waals surface area contributed by atoms with Crippen molar-refractivity contribution in [2.45, 2.75) is 33.6 Å². The summed E-state index contributed by atoms with van der Waals surface area (Å²) in [5.41, 5.74) is 5.71. The van der Waals surface area contributed by atoms with Crippen molar-refractivity contribution in [1.82, 2.24) is 24.7 Å². The molecule has 2 aromatic rings. The second kappa shape index (κ2) is 4.48. The van der Waals surface area contributed by atoms with E-state index in [9.17, 15) is 0 Å². The Balaban J connectivity index is 2.54. The van der Waals surface area contributed by atoms with Gasteiger partial charge in [-0.15, -0.1) is 5.10 Å². The van der Waals surface area contributed by atoms with Crippen LogP contribution in [0.2, 0.25) is 0 Å². The van der Waals surface area contributed by atoms with Gasteiger partial charge >= 0.3 is 0 Å². The van der Waals surface area contributed by atoms with Crippen LogP contribution in [0.3, 0.4) is 0 Å². The Kier molecular flexibility index (Phi) is 3.03. The fraction of sp³-hybridized carbons (Fsp3) is 0.455. The molecule has 17 heavy (non-hydrogen) atoms. The highest BCUT2D eigenvalue weighted by Gasteiger charge is 2.11. The molecule has 2 N–H and O–H groups in total. The summed E-state index contributed by atoms with van der Waals surface area (Å²) >= 11 is 0. The van der Waals surface area contributed by atoms with E-state index in [1.165, 1.54) is 0 Å². The molecule has 0 atom stereocenters. The predicted octanol–water partition coefficient (Wildman–Crippen LogP) is 1.07. The van der Waals surface area contributed by atoms with Gasteiger partial charge in [0.2, 0.25) is 0 Å². The number of hydrogen-bond donors (Lipinski definition) is 1. The molecule has 2 aromatic heterocycles. The van der Waals surface area contributed by atoms with E-state index in [1.54, 1.807) is 10.7 Å². The lowest BCUT2D eigenvalue weighted by Gasteiger charge is -2.04. The van der Waals surface area contributed by atoms with Gasteiger partial charge in [0.1, 0.15) is 17.5 Å². The summed E-state index contributed by atoms with van der Waals surface area (Å²) in [5, 5.41) is 4.41. The number of anilines is 1. The van der Waals surface area contributed by atoms with Crippen molar-refractivity contribution in [3.63, 3.8) is 0 Å². The molecule has 0 aliphatic heterocycles. The molecule has 0 fully saturated rings. The average molecular weight is 232 g/mol. The summed E-state index contributed by atoms with van der Waals surface area (Å²) in [4.78, 5) is 12.8. The lowest BCUT2D eigenvalue weighted by atomic mass is 10.4. The highest BCUT2D eigenvalue weighted by Crippen LogP contribution is 2.11. The zero-order valence-corrected chi connectivity index (χ0v) is 10.3. The molecule has 6 nitrogen and oxygen atoms in total. The van der Waals surface area contributed by atoms with Crippen LogP contribution < -0.4 is 5.73 Å². The second-order valence-electron chi connectivity index (χ2n) is 3.76. The van der Waals surface area contributed by atoms with Gasteiger partial charge in [-0.3, -0.25) is 0 Å². The lowest BCUT2D eigenvalue weighted by molar-refractivity contribution is 0.761. The quantitative estimate of drug-likeness (QED) is 0.856. The molecule has 0 aliphatic carbocycles. The molecule has 0 saturated carbocycles. The van der Waals surface area contributed by atoms with E-state index in [4.69, 9.17) is 5.73 Å². The van der Waals surface area contributed by atoms with Crippen LogP contribution in [0.1, 0.15) is 31.3 Å². The highest BCUT2D eigenvalue weighted by atomic mass is 15.4. The average Bonchev–Trinajstić information content (AvgIpc) is 2.70. The van der Waals surface area contributed by atoms with Crippen LogP contribution >= 0.6 is 0 Å². The number of rotatable bonds is 3. The molecule has 0 amide bonds. The summed E-state index contributed by atoms with van der Waals surface area (Å²) in [5.74, 6) is 3.47. The number of nitrogens with zero attached hydrogens (tertiary/aromatic N) is 5. The van der Waals surface area contributed by atoms with E-state index in [-0.39, 0.29) is 0 Å². The zero-order valence-electron chi connectivity index (χ0n) is 10.3. The van der Waals surface area contributed by atoms with Crippen LogP contribution in [-0.4, -0.2) is 24.7 Å². The first kappa shape index (κ1) is 11.5. The van der Waals surface area contributed by atoms with Gasteiger partial charge in [0, 0.05) is 18.9 Å². The van der Waals surface area contributed by atoms with E-state index in [0.29, 0.717) is 17.5 Å². The first-order valence-corrected chi connectivity index (χ1v) is 5.70. The second-order valence-corrected chi connectivity index (χ2v) is 3.76. The Morgan fingerprint density at radius 2 is 1.94 bits per heavy atom. The number of nitrogen functional groups attached to an aromatic ring is 1. The zero-order chi connectivity index (χ0) is 12.4. The first-order valence-electron chi connectivity index (χ1n) is 5.70. The molecule has 0 unspecified atom stereocenters. The fourth-order valence-electron chi connectivity index (χ4n) is 1.64. The number of aryl methyl sites for hydroxylation is 3. The van der Waals surface area contributed by atoms with Crippen LogP contribution in [0.25, 0.3) is 5.82 Å². The molecular weight excluding hydrogens is 216 g/mol. The van der Waals surface area contributed by atoms with Crippen LogP contribution in [0.5, 0.6) is 0 Å². The van der Waals surface area contributed by atoms with Gasteiger partial charge in [0.05, 0.1) is 0 Å². The maximum atomic E-state index is 5.71. The molecule has 2 rings (SSSR count). The molecule has 0 aromatic carbocycles. The van der Waals surface area contributed by atoms with Crippen LogP contribution in [0.15, 0.2) is 6.07 Å². The molecule has 90 valence electrons. The van der Waals surface area contributed by atoms with E-state index < -0.39 is 0 Å². The van der Waals surface area contributed by atoms with E-state index >= 15 is 0 Å². The van der Waals surface area contributed by atoms with Gasteiger partial charge in [0.25, 0.3) is 0 Å². The van der Waals surface area contributed by atoms with Crippen LogP contribution in [0.4, 0.5) is 5.82 Å². The Labute approximate surface area is 99.9 Å². The van der Waals surface area contributed by atoms with Crippen molar-refractivity contribution in [2.75, 3.05) is 5.73 Å². The number of hydrogen-bond acceptors (Lipinski definition) is 5. The Hall–Kier alpha value is -1.98. The minimum absolute atomic E-state index is 0.447. The van der Waals surface area contributed by atoms with E-state index in [1.807, 2.05) is 20.8 Å². The summed E-state index contributed by atoms with van der Waals surface area (Å²) < 4.78 is 1.74. The third-order valence-corrected chi connectivity index (χ3v) is 2.41. The van der Waals surface area contributed by atoms with Gasteiger partial charge in [-0.25, -0.2) is 15.0 Å². The predicted molar refractivity (Wildman–Crippen MR) is 64.9 cm³/mol. The Morgan fingerprint density at radius 3 is 2.53 bits per heavy atom. The van der Waals surface area contributed by atoms with Gasteiger partial charge in [0.15, 0.2) is 11.6 Å². The summed E-state index contributed by atoms with van der Waals surface area (Å²) in [6.07, 6.45) is 1.61. The van der Waals surface area contributed by atoms with Gasteiger partial charge in [-0.1, -0.05) is 13.8 Å². The number of nitrogens with two attached hydrogens (primary N) is 1. The maximum absolute atomic E-state index is 5.71. The van der Waals surface area contributed by atoms with Crippen molar-refractivity contribution in [2.24, 2.45) is 0 Å². The minimum atomic E-state index is 0.447. The van der Waals surface area contributed by atoms with Crippen LogP contribution in [0, 0.1) is 6.92 Å². The fourth-order valence-corrected chi connectivity index (χ4v) is 1.64. The van der Waals surface area contributed by atoms with Crippen LogP contribution in [-0.2, 0) is 12.8 Å². The SMILES string of the molecule is CCc1nc(CC)n(-c2cc(N)nc(C)n2)n1. The molecular formula is C11H16N6. The molecule has 2 heterocycles. The third kappa shape index (κ3) is 2.25. The molecule has 0 spiro atoms. The van der Waals surface area contributed by atoms with E-state index in [2.05, 4.69) is 20.1 Å². The Bertz CT molecular complexity index is 511. The van der Waals surface area contributed by atoms with Gasteiger partial charge in [-0.2, -0.15) is 4.68 Å². The summed E-state index contributed by atoms with van der Waals surface area (Å²) in [6, 6.07) is 1.71. The third-order valence-electron chi connectivity index (χ3n) is 2.41. The van der Waals surface area contributed by atoms with Gasteiger partial charge < -0.3 is 5.73 Å². The molecule has 6 heteroatoms.